The zero-order valence-corrected chi connectivity index (χ0v) is 32.3. The standard InChI is InChI=1S/C50H39N3O7/c54-40-30-46(60-45(40)32-57-50(35-19-5-2-6-20-35)38-23-9-13-27-43(38)59-44-28-14-10-24-39(44)50)53-31-33(47(55)52-48(53)56)16-15-29-51-49(34-17-3-1-4-18-34)36-21-7-11-25-41(36)58-42-26-12-8-22-37(42)49/h1-14,17-28,31,40,45-46,51,54H,29-30,32H2,(H,52,55,56)/t40-,45+,46+/m0/s1. The molecule has 10 heteroatoms. The van der Waals surface area contributed by atoms with Gasteiger partial charge in [0.25, 0.3) is 5.56 Å². The Morgan fingerprint density at radius 3 is 1.77 bits per heavy atom. The number of aliphatic hydroxyl groups is 1. The predicted molar refractivity (Wildman–Crippen MR) is 225 cm³/mol. The number of hydrogen-bond acceptors (Lipinski definition) is 8. The van der Waals surface area contributed by atoms with Crippen molar-refractivity contribution < 1.29 is 24.1 Å². The van der Waals surface area contributed by atoms with Crippen molar-refractivity contribution in [3.05, 3.63) is 224 Å². The van der Waals surface area contributed by atoms with E-state index in [0.29, 0.717) is 11.5 Å². The zero-order valence-electron chi connectivity index (χ0n) is 32.3. The fourth-order valence-electron chi connectivity index (χ4n) is 8.81. The van der Waals surface area contributed by atoms with Gasteiger partial charge in [-0.05, 0) is 35.4 Å². The Morgan fingerprint density at radius 1 is 0.683 bits per heavy atom. The summed E-state index contributed by atoms with van der Waals surface area (Å²) >= 11 is 0. The minimum atomic E-state index is -1.09. The average molecular weight is 794 g/mol. The van der Waals surface area contributed by atoms with Crippen molar-refractivity contribution in [3.63, 3.8) is 0 Å². The number of fused-ring (bicyclic) bond motifs is 4. The van der Waals surface area contributed by atoms with Gasteiger partial charge in [0, 0.05) is 34.9 Å². The summed E-state index contributed by atoms with van der Waals surface area (Å²) in [6.45, 7) is 0.154. The number of benzene rings is 6. The molecule has 0 aliphatic carbocycles. The molecule has 10 rings (SSSR count). The van der Waals surface area contributed by atoms with Gasteiger partial charge in [-0.25, -0.2) is 4.79 Å². The third kappa shape index (κ3) is 6.24. The SMILES string of the molecule is O=c1[nH]c(=O)n([C@H]2C[C@H](O)[C@@H](COC3(c4ccccc4)c4ccccc4Oc4ccccc43)O2)cc1C#CCNC1(c2ccccc2)c2ccccc2Oc2ccccc21. The average Bonchev–Trinajstić information content (AvgIpc) is 3.66. The van der Waals surface area contributed by atoms with Gasteiger partial charge < -0.3 is 24.1 Å². The molecule has 60 heavy (non-hydrogen) atoms. The number of ether oxygens (including phenoxy) is 4. The van der Waals surface area contributed by atoms with Gasteiger partial charge in [0.1, 0.15) is 46.4 Å². The smallest absolute Gasteiger partial charge is 0.330 e. The van der Waals surface area contributed by atoms with E-state index in [0.717, 1.165) is 44.9 Å². The van der Waals surface area contributed by atoms with Crippen LogP contribution in [0.1, 0.15) is 51.6 Å². The monoisotopic (exact) mass is 793 g/mol. The van der Waals surface area contributed by atoms with E-state index >= 15 is 0 Å². The number of rotatable bonds is 8. The molecule has 0 amide bonds. The first-order valence-corrected chi connectivity index (χ1v) is 19.9. The summed E-state index contributed by atoms with van der Waals surface area (Å²) in [6.07, 6.45) is -1.20. The Balaban J connectivity index is 0.926. The summed E-state index contributed by atoms with van der Waals surface area (Å²) in [6, 6.07) is 51.3. The Kier molecular flexibility index (Phi) is 9.51. The molecular formula is C50H39N3O7. The normalized spacial score (nSPS) is 18.9. The molecule has 0 bridgehead atoms. The van der Waals surface area contributed by atoms with E-state index < -0.39 is 40.8 Å². The molecule has 1 aromatic heterocycles. The maximum atomic E-state index is 13.3. The third-order valence-corrected chi connectivity index (χ3v) is 11.6. The van der Waals surface area contributed by atoms with E-state index in [-0.39, 0.29) is 25.1 Å². The second-order valence-corrected chi connectivity index (χ2v) is 15.0. The van der Waals surface area contributed by atoms with Crippen LogP contribution in [0.3, 0.4) is 0 Å². The number of aromatic amines is 1. The molecule has 1 fully saturated rings. The molecule has 0 spiro atoms. The lowest BCUT2D eigenvalue weighted by Crippen LogP contribution is -2.46. The topological polar surface area (TPSA) is 124 Å². The largest absolute Gasteiger partial charge is 0.457 e. The molecule has 0 saturated carbocycles. The summed E-state index contributed by atoms with van der Waals surface area (Å²) < 4.78 is 27.3. The van der Waals surface area contributed by atoms with Crippen LogP contribution < -0.4 is 26.0 Å². The first-order chi connectivity index (χ1) is 29.5. The number of hydrogen-bond donors (Lipinski definition) is 3. The van der Waals surface area contributed by atoms with Gasteiger partial charge in [-0.2, -0.15) is 0 Å². The van der Waals surface area contributed by atoms with Gasteiger partial charge in [-0.3, -0.25) is 19.7 Å². The number of aromatic nitrogens is 2. The molecule has 0 radical (unpaired) electrons. The Bertz CT molecular complexity index is 2810. The fourth-order valence-corrected chi connectivity index (χ4v) is 8.81. The molecule has 296 valence electrons. The van der Waals surface area contributed by atoms with Crippen molar-refractivity contribution >= 4 is 0 Å². The van der Waals surface area contributed by atoms with Crippen LogP contribution in [0.2, 0.25) is 0 Å². The van der Waals surface area contributed by atoms with Crippen molar-refractivity contribution in [1.29, 1.82) is 0 Å². The van der Waals surface area contributed by atoms with Crippen LogP contribution in [-0.2, 0) is 20.6 Å². The number of nitrogens with zero attached hydrogens (tertiary/aromatic N) is 1. The lowest BCUT2D eigenvalue weighted by atomic mass is 9.75. The van der Waals surface area contributed by atoms with Gasteiger partial charge in [-0.15, -0.1) is 0 Å². The molecule has 10 nitrogen and oxygen atoms in total. The lowest BCUT2D eigenvalue weighted by molar-refractivity contribution is -0.0961. The van der Waals surface area contributed by atoms with Crippen LogP contribution in [0.4, 0.5) is 0 Å². The van der Waals surface area contributed by atoms with E-state index in [1.54, 1.807) is 0 Å². The van der Waals surface area contributed by atoms with Crippen molar-refractivity contribution in [2.24, 2.45) is 0 Å². The van der Waals surface area contributed by atoms with Gasteiger partial charge in [0.15, 0.2) is 5.60 Å². The highest BCUT2D eigenvalue weighted by molar-refractivity contribution is 5.63. The summed E-state index contributed by atoms with van der Waals surface area (Å²) in [5, 5.41) is 15.1. The zero-order chi connectivity index (χ0) is 40.7. The third-order valence-electron chi connectivity index (χ3n) is 11.6. The van der Waals surface area contributed by atoms with Crippen LogP contribution in [0.5, 0.6) is 23.0 Å². The molecular weight excluding hydrogens is 755 g/mol. The quantitative estimate of drug-likeness (QED) is 0.137. The predicted octanol–water partition coefficient (Wildman–Crippen LogP) is 7.34. The Hall–Kier alpha value is -7.00. The minimum Gasteiger partial charge on any atom is -0.457 e. The minimum absolute atomic E-state index is 0.0217. The van der Waals surface area contributed by atoms with Crippen LogP contribution in [-0.4, -0.2) is 40.0 Å². The summed E-state index contributed by atoms with van der Waals surface area (Å²) in [5.74, 6) is 8.90. The van der Waals surface area contributed by atoms with E-state index in [1.807, 2.05) is 146 Å². The van der Waals surface area contributed by atoms with E-state index in [4.69, 9.17) is 18.9 Å². The van der Waals surface area contributed by atoms with Crippen LogP contribution >= 0.6 is 0 Å². The highest BCUT2D eigenvalue weighted by atomic mass is 16.6. The second-order valence-electron chi connectivity index (χ2n) is 15.0. The number of nitrogens with one attached hydrogen (secondary N) is 2. The van der Waals surface area contributed by atoms with E-state index in [9.17, 15) is 14.7 Å². The molecule has 3 aliphatic heterocycles. The second kappa shape index (κ2) is 15.3. The molecule has 6 aromatic carbocycles. The van der Waals surface area contributed by atoms with Gasteiger partial charge in [0.05, 0.1) is 19.3 Å². The first kappa shape index (κ1) is 37.3. The van der Waals surface area contributed by atoms with Crippen molar-refractivity contribution in [2.75, 3.05) is 13.2 Å². The fraction of sp³-hybridized carbons (Fsp3) is 0.160. The first-order valence-electron chi connectivity index (χ1n) is 19.9. The summed E-state index contributed by atoms with van der Waals surface area (Å²) in [5.41, 5.74) is 2.24. The van der Waals surface area contributed by atoms with Gasteiger partial charge in [-0.1, -0.05) is 145 Å². The maximum absolute atomic E-state index is 13.3. The molecule has 0 unspecified atom stereocenters. The summed E-state index contributed by atoms with van der Waals surface area (Å²) in [4.78, 5) is 28.9. The molecule has 4 heterocycles. The Morgan fingerprint density at radius 2 is 1.18 bits per heavy atom. The van der Waals surface area contributed by atoms with Crippen LogP contribution in [0, 0.1) is 11.8 Å². The number of aliphatic hydroxyl groups excluding tert-OH is 1. The lowest BCUT2D eigenvalue weighted by Gasteiger charge is -2.41. The molecule has 3 atom stereocenters. The summed E-state index contributed by atoms with van der Waals surface area (Å²) in [7, 11) is 0. The van der Waals surface area contributed by atoms with E-state index in [1.165, 1.54) is 10.8 Å². The number of H-pyrrole nitrogens is 1. The van der Waals surface area contributed by atoms with Crippen molar-refractivity contribution in [3.8, 4) is 34.8 Å². The van der Waals surface area contributed by atoms with Gasteiger partial charge >= 0.3 is 5.69 Å². The highest BCUT2D eigenvalue weighted by Crippen LogP contribution is 2.53. The van der Waals surface area contributed by atoms with E-state index in [2.05, 4.69) is 34.3 Å². The molecule has 7 aromatic rings. The maximum Gasteiger partial charge on any atom is 0.330 e. The van der Waals surface area contributed by atoms with Crippen LogP contribution in [0.15, 0.2) is 174 Å². The highest BCUT2D eigenvalue weighted by Gasteiger charge is 2.47. The van der Waals surface area contributed by atoms with Crippen molar-refractivity contribution in [2.45, 2.75) is 36.0 Å². The van der Waals surface area contributed by atoms with Crippen molar-refractivity contribution in [1.82, 2.24) is 14.9 Å². The molecule has 3 N–H and O–H groups in total. The van der Waals surface area contributed by atoms with Gasteiger partial charge in [0.2, 0.25) is 0 Å². The number of para-hydroxylation sites is 4. The Labute approximate surface area is 345 Å². The molecule has 3 aliphatic rings. The molecule has 1 saturated heterocycles. The van der Waals surface area contributed by atoms with Crippen LogP contribution in [0.25, 0.3) is 0 Å².